The first kappa shape index (κ1) is 17.2. The summed E-state index contributed by atoms with van der Waals surface area (Å²) in [5, 5.41) is 12.0. The highest BCUT2D eigenvalue weighted by Crippen LogP contribution is 2.40. The predicted octanol–water partition coefficient (Wildman–Crippen LogP) is 5.23. The Morgan fingerprint density at radius 2 is 1.67 bits per heavy atom. The number of benzene rings is 3. The maximum Gasteiger partial charge on any atom is 0.260 e. The fourth-order valence-corrected chi connectivity index (χ4v) is 3.51. The van der Waals surface area contributed by atoms with Gasteiger partial charge in [0.15, 0.2) is 0 Å². The topological polar surface area (TPSA) is 62.3 Å². The molecule has 0 unspecified atom stereocenters. The fraction of sp³-hybridized carbons (Fsp3) is 0.0455. The molecule has 0 fully saturated rings. The summed E-state index contributed by atoms with van der Waals surface area (Å²) in [7, 11) is 1.53. The van der Waals surface area contributed by atoms with Crippen LogP contribution in [0, 0.1) is 0 Å². The van der Waals surface area contributed by atoms with Crippen LogP contribution >= 0.6 is 11.6 Å². The van der Waals surface area contributed by atoms with E-state index in [2.05, 4.69) is 4.98 Å². The molecular formula is C22H16ClNO3. The lowest BCUT2D eigenvalue weighted by Gasteiger charge is -2.13. The van der Waals surface area contributed by atoms with Gasteiger partial charge in [-0.3, -0.25) is 4.79 Å². The highest BCUT2D eigenvalue weighted by molar-refractivity contribution is 6.34. The number of pyridine rings is 1. The van der Waals surface area contributed by atoms with Gasteiger partial charge in [0.2, 0.25) is 0 Å². The monoisotopic (exact) mass is 377 g/mol. The predicted molar refractivity (Wildman–Crippen MR) is 109 cm³/mol. The second-order valence-corrected chi connectivity index (χ2v) is 6.53. The van der Waals surface area contributed by atoms with Crippen molar-refractivity contribution in [2.24, 2.45) is 0 Å². The second kappa shape index (κ2) is 6.82. The third kappa shape index (κ3) is 2.94. The van der Waals surface area contributed by atoms with Crippen molar-refractivity contribution in [2.75, 3.05) is 7.11 Å². The van der Waals surface area contributed by atoms with Crippen LogP contribution in [0.4, 0.5) is 0 Å². The lowest BCUT2D eigenvalue weighted by Crippen LogP contribution is -2.10. The SMILES string of the molecule is COc1ccccc1-c1c(O)c2cc(-c3ccccc3)c(Cl)cc2[nH]c1=O. The van der Waals surface area contributed by atoms with Gasteiger partial charge in [-0.05, 0) is 23.8 Å². The molecule has 2 N–H and O–H groups in total. The number of para-hydroxylation sites is 1. The smallest absolute Gasteiger partial charge is 0.260 e. The number of methoxy groups -OCH3 is 1. The summed E-state index contributed by atoms with van der Waals surface area (Å²) in [5.41, 5.74) is 2.46. The zero-order valence-corrected chi connectivity index (χ0v) is 15.2. The van der Waals surface area contributed by atoms with Gasteiger partial charge in [-0.25, -0.2) is 0 Å². The normalized spacial score (nSPS) is 10.9. The van der Waals surface area contributed by atoms with Crippen LogP contribution in [-0.2, 0) is 0 Å². The number of nitrogens with one attached hydrogen (secondary N) is 1. The van der Waals surface area contributed by atoms with Gasteiger partial charge in [-0.15, -0.1) is 0 Å². The molecule has 0 amide bonds. The molecule has 0 aliphatic carbocycles. The van der Waals surface area contributed by atoms with Gasteiger partial charge in [0.1, 0.15) is 11.5 Å². The standard InChI is InChI=1S/C22H16ClNO3/c1-27-19-10-6-5-9-14(19)20-21(25)16-11-15(13-7-3-2-4-8-13)17(23)12-18(16)24-22(20)26/h2-12H,1H3,(H2,24,25,26). The maximum absolute atomic E-state index is 12.7. The molecule has 134 valence electrons. The van der Waals surface area contributed by atoms with Crippen molar-refractivity contribution >= 4 is 22.5 Å². The van der Waals surface area contributed by atoms with E-state index in [1.807, 2.05) is 36.4 Å². The lowest BCUT2D eigenvalue weighted by atomic mass is 9.99. The molecular weight excluding hydrogens is 362 g/mol. The molecule has 0 saturated carbocycles. The van der Waals surface area contributed by atoms with Crippen molar-refractivity contribution in [3.8, 4) is 33.8 Å². The Balaban J connectivity index is 2.03. The molecule has 0 spiro atoms. The number of aromatic hydroxyl groups is 1. The van der Waals surface area contributed by atoms with Crippen molar-refractivity contribution in [2.45, 2.75) is 0 Å². The minimum Gasteiger partial charge on any atom is -0.506 e. The zero-order chi connectivity index (χ0) is 19.0. The van der Waals surface area contributed by atoms with Crippen molar-refractivity contribution in [3.05, 3.63) is 82.1 Å². The van der Waals surface area contributed by atoms with E-state index in [4.69, 9.17) is 16.3 Å². The van der Waals surface area contributed by atoms with Gasteiger partial charge in [0.25, 0.3) is 5.56 Å². The third-order valence-corrected chi connectivity index (χ3v) is 4.85. The first-order valence-electron chi connectivity index (χ1n) is 8.37. The minimum absolute atomic E-state index is 0.105. The summed E-state index contributed by atoms with van der Waals surface area (Å²) in [6, 6.07) is 20.2. The average Bonchev–Trinajstić information content (AvgIpc) is 2.68. The molecule has 27 heavy (non-hydrogen) atoms. The minimum atomic E-state index is -0.409. The molecule has 5 heteroatoms. The largest absolute Gasteiger partial charge is 0.506 e. The lowest BCUT2D eigenvalue weighted by molar-refractivity contribution is 0.415. The Kier molecular flexibility index (Phi) is 4.34. The van der Waals surface area contributed by atoms with E-state index in [9.17, 15) is 9.90 Å². The summed E-state index contributed by atoms with van der Waals surface area (Å²) >= 11 is 6.42. The molecule has 0 radical (unpaired) electrons. The van der Waals surface area contributed by atoms with Crippen molar-refractivity contribution < 1.29 is 9.84 Å². The van der Waals surface area contributed by atoms with Gasteiger partial charge in [0, 0.05) is 16.5 Å². The Morgan fingerprint density at radius 1 is 0.963 bits per heavy atom. The Morgan fingerprint density at radius 3 is 2.41 bits per heavy atom. The van der Waals surface area contributed by atoms with E-state index < -0.39 is 5.56 Å². The van der Waals surface area contributed by atoms with Gasteiger partial charge < -0.3 is 14.8 Å². The fourth-order valence-electron chi connectivity index (χ4n) is 3.24. The zero-order valence-electron chi connectivity index (χ0n) is 14.5. The van der Waals surface area contributed by atoms with E-state index in [1.54, 1.807) is 30.3 Å². The Labute approximate surface area is 160 Å². The van der Waals surface area contributed by atoms with Crippen LogP contribution in [0.25, 0.3) is 33.2 Å². The summed E-state index contributed by atoms with van der Waals surface area (Å²) in [6.45, 7) is 0. The van der Waals surface area contributed by atoms with Crippen molar-refractivity contribution in [1.82, 2.24) is 4.98 Å². The average molecular weight is 378 g/mol. The molecule has 0 saturated heterocycles. The number of ether oxygens (including phenoxy) is 1. The van der Waals surface area contributed by atoms with Crippen LogP contribution in [-0.4, -0.2) is 17.2 Å². The molecule has 4 rings (SSSR count). The summed E-state index contributed by atoms with van der Waals surface area (Å²) in [4.78, 5) is 15.5. The number of H-pyrrole nitrogens is 1. The van der Waals surface area contributed by atoms with Crippen LogP contribution in [0.15, 0.2) is 71.5 Å². The molecule has 0 aliphatic rings. The summed E-state index contributed by atoms with van der Waals surface area (Å²) < 4.78 is 5.35. The third-order valence-electron chi connectivity index (χ3n) is 4.54. The van der Waals surface area contributed by atoms with E-state index in [0.717, 1.165) is 11.1 Å². The van der Waals surface area contributed by atoms with Crippen LogP contribution in [0.1, 0.15) is 0 Å². The van der Waals surface area contributed by atoms with Gasteiger partial charge >= 0.3 is 0 Å². The summed E-state index contributed by atoms with van der Waals surface area (Å²) in [6.07, 6.45) is 0. The molecule has 1 aromatic heterocycles. The highest BCUT2D eigenvalue weighted by atomic mass is 35.5. The highest BCUT2D eigenvalue weighted by Gasteiger charge is 2.18. The molecule has 0 bridgehead atoms. The number of aromatic amines is 1. The van der Waals surface area contributed by atoms with E-state index in [-0.39, 0.29) is 11.3 Å². The van der Waals surface area contributed by atoms with Gasteiger partial charge in [0.05, 0.1) is 23.2 Å². The first-order valence-corrected chi connectivity index (χ1v) is 8.75. The molecule has 4 aromatic rings. The quantitative estimate of drug-likeness (QED) is 0.514. The number of fused-ring (bicyclic) bond motifs is 1. The molecule has 1 heterocycles. The molecule has 0 atom stereocenters. The van der Waals surface area contributed by atoms with E-state index >= 15 is 0 Å². The first-order chi connectivity index (χ1) is 13.1. The van der Waals surface area contributed by atoms with Gasteiger partial charge in [-0.1, -0.05) is 60.1 Å². The Hall–Kier alpha value is -3.24. The molecule has 4 nitrogen and oxygen atoms in total. The number of hydrogen-bond acceptors (Lipinski definition) is 3. The second-order valence-electron chi connectivity index (χ2n) is 6.12. The van der Waals surface area contributed by atoms with Crippen LogP contribution in [0.3, 0.4) is 0 Å². The number of rotatable bonds is 3. The molecule has 3 aromatic carbocycles. The number of hydrogen-bond donors (Lipinski definition) is 2. The van der Waals surface area contributed by atoms with Crippen molar-refractivity contribution in [1.29, 1.82) is 0 Å². The van der Waals surface area contributed by atoms with Crippen LogP contribution < -0.4 is 10.3 Å². The van der Waals surface area contributed by atoms with Crippen molar-refractivity contribution in [3.63, 3.8) is 0 Å². The number of halogens is 1. The summed E-state index contributed by atoms with van der Waals surface area (Å²) in [5.74, 6) is 0.405. The van der Waals surface area contributed by atoms with Crippen LogP contribution in [0.5, 0.6) is 11.5 Å². The van der Waals surface area contributed by atoms with Crippen LogP contribution in [0.2, 0.25) is 5.02 Å². The van der Waals surface area contributed by atoms with E-state index in [1.165, 1.54) is 7.11 Å². The maximum atomic E-state index is 12.7. The van der Waals surface area contributed by atoms with E-state index in [0.29, 0.717) is 27.2 Å². The van der Waals surface area contributed by atoms with Gasteiger partial charge in [-0.2, -0.15) is 0 Å². The number of aromatic nitrogens is 1. The Bertz CT molecular complexity index is 1200. The molecule has 0 aliphatic heterocycles.